The lowest BCUT2D eigenvalue weighted by Gasteiger charge is -2.24. The summed E-state index contributed by atoms with van der Waals surface area (Å²) in [5.41, 5.74) is 1.18. The number of amides is 1. The van der Waals surface area contributed by atoms with Crippen LogP contribution in [0.3, 0.4) is 0 Å². The number of likely N-dealkylation sites (N-methyl/N-ethyl adjacent to an activating group) is 1. The standard InChI is InChI=1S/C21H27Cl2N3O3S/c1-4-26(15(2)3)12-11-24-21(27)13-16-5-7-17(8-6-16)25-30(28,29)18-9-10-19(22)20(23)14-18/h5-10,14-15,25H,4,11-13H2,1-3H3,(H,24,27). The zero-order chi connectivity index (χ0) is 22.3. The van der Waals surface area contributed by atoms with Crippen molar-refractivity contribution in [2.45, 2.75) is 38.1 Å². The minimum atomic E-state index is -3.80. The Balaban J connectivity index is 1.91. The molecule has 0 radical (unpaired) electrons. The first-order chi connectivity index (χ1) is 14.1. The lowest BCUT2D eigenvalue weighted by molar-refractivity contribution is -0.120. The van der Waals surface area contributed by atoms with Crippen molar-refractivity contribution in [2.24, 2.45) is 0 Å². The van der Waals surface area contributed by atoms with Crippen molar-refractivity contribution in [1.82, 2.24) is 10.2 Å². The van der Waals surface area contributed by atoms with Gasteiger partial charge in [0.25, 0.3) is 10.0 Å². The molecule has 30 heavy (non-hydrogen) atoms. The Labute approximate surface area is 188 Å². The van der Waals surface area contributed by atoms with E-state index < -0.39 is 10.0 Å². The molecule has 2 aromatic carbocycles. The Kier molecular flexibility index (Phi) is 8.97. The van der Waals surface area contributed by atoms with Crippen LogP contribution in [0.5, 0.6) is 0 Å². The molecule has 0 aromatic heterocycles. The van der Waals surface area contributed by atoms with Crippen LogP contribution in [0.4, 0.5) is 5.69 Å². The van der Waals surface area contributed by atoms with Crippen LogP contribution >= 0.6 is 23.2 Å². The molecule has 0 fully saturated rings. The van der Waals surface area contributed by atoms with E-state index >= 15 is 0 Å². The fourth-order valence-electron chi connectivity index (χ4n) is 2.92. The first-order valence-electron chi connectivity index (χ1n) is 9.70. The Morgan fingerprint density at radius 3 is 2.30 bits per heavy atom. The summed E-state index contributed by atoms with van der Waals surface area (Å²) in [6, 6.07) is 11.2. The summed E-state index contributed by atoms with van der Waals surface area (Å²) < 4.78 is 27.5. The molecule has 2 aromatic rings. The van der Waals surface area contributed by atoms with Crippen LogP contribution < -0.4 is 10.0 Å². The van der Waals surface area contributed by atoms with E-state index in [1.54, 1.807) is 24.3 Å². The third kappa shape index (κ3) is 7.16. The monoisotopic (exact) mass is 471 g/mol. The molecule has 2 rings (SSSR count). The SMILES string of the molecule is CCN(CCNC(=O)Cc1ccc(NS(=O)(=O)c2ccc(Cl)c(Cl)c2)cc1)C(C)C. The van der Waals surface area contributed by atoms with Gasteiger partial charge in [0.15, 0.2) is 0 Å². The number of nitrogens with zero attached hydrogens (tertiary/aromatic N) is 1. The van der Waals surface area contributed by atoms with Crippen molar-refractivity contribution in [2.75, 3.05) is 24.4 Å². The maximum absolute atomic E-state index is 12.5. The second-order valence-corrected chi connectivity index (χ2v) is 9.62. The summed E-state index contributed by atoms with van der Waals surface area (Å²) in [6.45, 7) is 8.68. The van der Waals surface area contributed by atoms with Gasteiger partial charge in [-0.1, -0.05) is 42.3 Å². The zero-order valence-corrected chi connectivity index (χ0v) is 19.6. The highest BCUT2D eigenvalue weighted by molar-refractivity contribution is 7.92. The fourth-order valence-corrected chi connectivity index (χ4v) is 4.36. The molecule has 0 heterocycles. The number of hydrogen-bond acceptors (Lipinski definition) is 4. The van der Waals surface area contributed by atoms with E-state index in [2.05, 4.69) is 35.7 Å². The number of carbonyl (C=O) groups is 1. The summed E-state index contributed by atoms with van der Waals surface area (Å²) in [6.07, 6.45) is 0.230. The molecule has 0 saturated carbocycles. The lowest BCUT2D eigenvalue weighted by Crippen LogP contribution is -2.38. The van der Waals surface area contributed by atoms with Gasteiger partial charge in [-0.3, -0.25) is 14.4 Å². The summed E-state index contributed by atoms with van der Waals surface area (Å²) in [5.74, 6) is -0.0704. The quantitative estimate of drug-likeness (QED) is 0.544. The van der Waals surface area contributed by atoms with Gasteiger partial charge >= 0.3 is 0 Å². The van der Waals surface area contributed by atoms with E-state index in [9.17, 15) is 13.2 Å². The van der Waals surface area contributed by atoms with E-state index in [0.717, 1.165) is 18.7 Å². The number of benzene rings is 2. The Morgan fingerprint density at radius 1 is 1.07 bits per heavy atom. The van der Waals surface area contributed by atoms with Crippen molar-refractivity contribution in [3.05, 3.63) is 58.1 Å². The topological polar surface area (TPSA) is 78.5 Å². The number of carbonyl (C=O) groups excluding carboxylic acids is 1. The van der Waals surface area contributed by atoms with Gasteiger partial charge in [0.2, 0.25) is 5.91 Å². The number of anilines is 1. The maximum Gasteiger partial charge on any atom is 0.261 e. The van der Waals surface area contributed by atoms with E-state index in [-0.39, 0.29) is 27.3 Å². The van der Waals surface area contributed by atoms with Crippen LogP contribution in [0.25, 0.3) is 0 Å². The van der Waals surface area contributed by atoms with Gasteiger partial charge in [0.05, 0.1) is 21.4 Å². The molecule has 0 aliphatic carbocycles. The molecule has 0 bridgehead atoms. The lowest BCUT2D eigenvalue weighted by atomic mass is 10.1. The minimum Gasteiger partial charge on any atom is -0.355 e. The van der Waals surface area contributed by atoms with E-state index in [1.165, 1.54) is 18.2 Å². The third-order valence-electron chi connectivity index (χ3n) is 4.63. The highest BCUT2D eigenvalue weighted by Gasteiger charge is 2.16. The second kappa shape index (κ2) is 11.0. The van der Waals surface area contributed by atoms with E-state index in [0.29, 0.717) is 18.3 Å². The van der Waals surface area contributed by atoms with Crippen LogP contribution in [-0.4, -0.2) is 44.9 Å². The number of halogens is 2. The normalized spacial score (nSPS) is 11.7. The van der Waals surface area contributed by atoms with Gasteiger partial charge in [-0.05, 0) is 56.3 Å². The fraction of sp³-hybridized carbons (Fsp3) is 0.381. The number of sulfonamides is 1. The number of rotatable bonds is 10. The molecule has 1 amide bonds. The van der Waals surface area contributed by atoms with Crippen LogP contribution in [0.1, 0.15) is 26.3 Å². The molecular formula is C21H27Cl2N3O3S. The Morgan fingerprint density at radius 2 is 1.73 bits per heavy atom. The largest absolute Gasteiger partial charge is 0.355 e. The average molecular weight is 472 g/mol. The molecule has 164 valence electrons. The molecule has 0 aliphatic rings. The van der Waals surface area contributed by atoms with Gasteiger partial charge in [-0.15, -0.1) is 0 Å². The van der Waals surface area contributed by atoms with Crippen molar-refractivity contribution in [3.63, 3.8) is 0 Å². The average Bonchev–Trinajstić information content (AvgIpc) is 2.68. The van der Waals surface area contributed by atoms with Crippen molar-refractivity contribution < 1.29 is 13.2 Å². The van der Waals surface area contributed by atoms with Crippen LogP contribution in [-0.2, 0) is 21.2 Å². The predicted octanol–water partition coefficient (Wildman–Crippen LogP) is 4.18. The molecular weight excluding hydrogens is 445 g/mol. The van der Waals surface area contributed by atoms with Gasteiger partial charge in [0.1, 0.15) is 0 Å². The zero-order valence-electron chi connectivity index (χ0n) is 17.3. The maximum atomic E-state index is 12.5. The summed E-state index contributed by atoms with van der Waals surface area (Å²) in [4.78, 5) is 14.4. The Bertz CT molecular complexity index is 964. The molecule has 2 N–H and O–H groups in total. The van der Waals surface area contributed by atoms with Gasteiger partial charge in [-0.2, -0.15) is 0 Å². The first-order valence-corrected chi connectivity index (χ1v) is 11.9. The molecule has 9 heteroatoms. The van der Waals surface area contributed by atoms with Crippen LogP contribution in [0.2, 0.25) is 10.0 Å². The number of hydrogen-bond donors (Lipinski definition) is 2. The summed E-state index contributed by atoms with van der Waals surface area (Å²) in [5, 5.41) is 3.37. The van der Waals surface area contributed by atoms with E-state index in [4.69, 9.17) is 23.2 Å². The second-order valence-electron chi connectivity index (χ2n) is 7.13. The van der Waals surface area contributed by atoms with E-state index in [1.807, 2.05) is 0 Å². The first kappa shape index (κ1) is 24.5. The van der Waals surface area contributed by atoms with Gasteiger partial charge in [-0.25, -0.2) is 8.42 Å². The van der Waals surface area contributed by atoms with Crippen LogP contribution in [0, 0.1) is 0 Å². The Hall–Kier alpha value is -1.80. The van der Waals surface area contributed by atoms with Gasteiger partial charge < -0.3 is 5.32 Å². The van der Waals surface area contributed by atoms with Crippen molar-refractivity contribution >= 4 is 44.8 Å². The molecule has 0 atom stereocenters. The molecule has 0 saturated heterocycles. The van der Waals surface area contributed by atoms with Gasteiger partial charge in [0, 0.05) is 24.8 Å². The number of nitrogens with one attached hydrogen (secondary N) is 2. The molecule has 0 aliphatic heterocycles. The highest BCUT2D eigenvalue weighted by atomic mass is 35.5. The van der Waals surface area contributed by atoms with Crippen molar-refractivity contribution in [3.8, 4) is 0 Å². The highest BCUT2D eigenvalue weighted by Crippen LogP contribution is 2.26. The smallest absolute Gasteiger partial charge is 0.261 e. The molecule has 6 nitrogen and oxygen atoms in total. The van der Waals surface area contributed by atoms with Crippen molar-refractivity contribution in [1.29, 1.82) is 0 Å². The molecule has 0 unspecified atom stereocenters. The predicted molar refractivity (Wildman–Crippen MR) is 123 cm³/mol. The third-order valence-corrected chi connectivity index (χ3v) is 6.75. The summed E-state index contributed by atoms with van der Waals surface area (Å²) >= 11 is 11.7. The molecule has 0 spiro atoms. The minimum absolute atomic E-state index is 0.0166. The van der Waals surface area contributed by atoms with Crippen LogP contribution in [0.15, 0.2) is 47.4 Å². The summed E-state index contributed by atoms with van der Waals surface area (Å²) in [7, 11) is -3.80.